The summed E-state index contributed by atoms with van der Waals surface area (Å²) in [5.74, 6) is 0.285. The van der Waals surface area contributed by atoms with E-state index in [9.17, 15) is 13.2 Å². The van der Waals surface area contributed by atoms with Crippen molar-refractivity contribution in [2.75, 3.05) is 16.2 Å². The molecule has 2 aromatic carbocycles. The Hall–Kier alpha value is -2.54. The van der Waals surface area contributed by atoms with E-state index in [1.54, 1.807) is 17.0 Å². The fraction of sp³-hybridized carbons (Fsp3) is 0.316. The second kappa shape index (κ2) is 6.64. The predicted molar refractivity (Wildman–Crippen MR) is 101 cm³/mol. The van der Waals surface area contributed by atoms with E-state index in [0.29, 0.717) is 23.7 Å². The summed E-state index contributed by atoms with van der Waals surface area (Å²) in [5.41, 5.74) is 3.03. The van der Waals surface area contributed by atoms with Crippen molar-refractivity contribution in [1.29, 1.82) is 0 Å². The molecule has 0 spiro atoms. The van der Waals surface area contributed by atoms with Crippen molar-refractivity contribution >= 4 is 27.3 Å². The van der Waals surface area contributed by atoms with Gasteiger partial charge in [0, 0.05) is 13.0 Å². The maximum atomic E-state index is 12.8. The first kappa shape index (κ1) is 18.3. The standard InChI is InChI=1S/C19H22N2O4S/c1-12-5-7-17(13(2)9-12)20-26(23,24)16-6-8-18-19(10-16)25-14(3)11-21(18)15(4)22/h5-10,14,20H,11H2,1-4H3. The normalized spacial score (nSPS) is 16.6. The minimum absolute atomic E-state index is 0.0915. The Labute approximate surface area is 153 Å². The van der Waals surface area contributed by atoms with E-state index in [1.165, 1.54) is 19.1 Å². The van der Waals surface area contributed by atoms with Gasteiger partial charge in [-0.25, -0.2) is 8.42 Å². The van der Waals surface area contributed by atoms with Gasteiger partial charge in [0.25, 0.3) is 10.0 Å². The lowest BCUT2D eigenvalue weighted by molar-refractivity contribution is -0.117. The number of nitrogens with one attached hydrogen (secondary N) is 1. The minimum Gasteiger partial charge on any atom is -0.487 e. The molecule has 1 unspecified atom stereocenters. The number of nitrogens with zero attached hydrogens (tertiary/aromatic N) is 1. The maximum absolute atomic E-state index is 12.8. The second-order valence-corrected chi connectivity index (χ2v) is 8.29. The molecule has 6 nitrogen and oxygen atoms in total. The summed E-state index contributed by atoms with van der Waals surface area (Å²) in [4.78, 5) is 13.5. The molecule has 1 N–H and O–H groups in total. The van der Waals surface area contributed by atoms with Crippen molar-refractivity contribution in [3.8, 4) is 5.75 Å². The van der Waals surface area contributed by atoms with Crippen LogP contribution in [0.15, 0.2) is 41.3 Å². The lowest BCUT2D eigenvalue weighted by Crippen LogP contribution is -2.41. The van der Waals surface area contributed by atoms with E-state index in [0.717, 1.165) is 11.1 Å². The highest BCUT2D eigenvalue weighted by Crippen LogP contribution is 2.36. The van der Waals surface area contributed by atoms with Crippen LogP contribution in [0.25, 0.3) is 0 Å². The van der Waals surface area contributed by atoms with Gasteiger partial charge in [-0.1, -0.05) is 17.7 Å². The lowest BCUT2D eigenvalue weighted by atomic mass is 10.1. The molecule has 0 saturated carbocycles. The number of aryl methyl sites for hydroxylation is 2. The molecule has 1 aliphatic heterocycles. The van der Waals surface area contributed by atoms with Crippen LogP contribution in [0.5, 0.6) is 5.75 Å². The van der Waals surface area contributed by atoms with Gasteiger partial charge in [0.15, 0.2) is 0 Å². The average Bonchev–Trinajstić information content (AvgIpc) is 2.56. The molecule has 0 fully saturated rings. The van der Waals surface area contributed by atoms with E-state index in [2.05, 4.69) is 4.72 Å². The molecule has 0 aromatic heterocycles. The molecule has 1 heterocycles. The van der Waals surface area contributed by atoms with Crippen LogP contribution >= 0.6 is 0 Å². The first-order chi connectivity index (χ1) is 12.2. The molecule has 0 saturated heterocycles. The summed E-state index contributed by atoms with van der Waals surface area (Å²) in [6.07, 6.45) is -0.211. The zero-order chi connectivity index (χ0) is 19.1. The van der Waals surface area contributed by atoms with Gasteiger partial charge in [0.2, 0.25) is 5.91 Å². The topological polar surface area (TPSA) is 75.7 Å². The van der Waals surface area contributed by atoms with Gasteiger partial charge < -0.3 is 9.64 Å². The Morgan fingerprint density at radius 3 is 2.58 bits per heavy atom. The van der Waals surface area contributed by atoms with Crippen LogP contribution in [-0.2, 0) is 14.8 Å². The number of ether oxygens (including phenoxy) is 1. The Bertz CT molecular complexity index is 969. The SMILES string of the molecule is CC(=O)N1CC(C)Oc2cc(S(=O)(=O)Nc3ccc(C)cc3C)ccc21. The molecular weight excluding hydrogens is 352 g/mol. The van der Waals surface area contributed by atoms with Crippen LogP contribution in [-0.4, -0.2) is 27.0 Å². The van der Waals surface area contributed by atoms with Gasteiger partial charge in [-0.05, 0) is 44.5 Å². The molecule has 26 heavy (non-hydrogen) atoms. The van der Waals surface area contributed by atoms with Crippen LogP contribution in [0.1, 0.15) is 25.0 Å². The van der Waals surface area contributed by atoms with Crippen molar-refractivity contribution in [3.63, 3.8) is 0 Å². The zero-order valence-corrected chi connectivity index (χ0v) is 16.1. The van der Waals surface area contributed by atoms with E-state index >= 15 is 0 Å². The maximum Gasteiger partial charge on any atom is 0.262 e. The highest BCUT2D eigenvalue weighted by atomic mass is 32.2. The molecule has 0 radical (unpaired) electrons. The van der Waals surface area contributed by atoms with Crippen molar-refractivity contribution in [2.45, 2.75) is 38.7 Å². The Balaban J connectivity index is 1.96. The van der Waals surface area contributed by atoms with E-state index in [1.807, 2.05) is 32.9 Å². The fourth-order valence-corrected chi connectivity index (χ4v) is 4.16. The monoisotopic (exact) mass is 374 g/mol. The summed E-state index contributed by atoms with van der Waals surface area (Å²) < 4.78 is 33.9. The van der Waals surface area contributed by atoms with Gasteiger partial charge in [-0.2, -0.15) is 0 Å². The number of benzene rings is 2. The van der Waals surface area contributed by atoms with Crippen LogP contribution in [0.2, 0.25) is 0 Å². The van der Waals surface area contributed by atoms with Gasteiger partial charge >= 0.3 is 0 Å². The van der Waals surface area contributed by atoms with Gasteiger partial charge in [-0.15, -0.1) is 0 Å². The van der Waals surface area contributed by atoms with Crippen molar-refractivity contribution < 1.29 is 17.9 Å². The molecule has 7 heteroatoms. The summed E-state index contributed by atoms with van der Waals surface area (Å²) in [5, 5.41) is 0. The molecule has 2 aromatic rings. The Morgan fingerprint density at radius 1 is 1.19 bits per heavy atom. The third-order valence-corrected chi connectivity index (χ3v) is 5.67. The number of amides is 1. The van der Waals surface area contributed by atoms with Gasteiger partial charge in [0.05, 0.1) is 22.8 Å². The molecule has 0 aliphatic carbocycles. The number of rotatable bonds is 3. The van der Waals surface area contributed by atoms with E-state index in [4.69, 9.17) is 4.74 Å². The highest BCUT2D eigenvalue weighted by molar-refractivity contribution is 7.92. The second-order valence-electron chi connectivity index (χ2n) is 6.61. The molecule has 3 rings (SSSR count). The quantitative estimate of drug-likeness (QED) is 0.895. The van der Waals surface area contributed by atoms with Gasteiger partial charge in [0.1, 0.15) is 11.9 Å². The first-order valence-electron chi connectivity index (χ1n) is 8.36. The van der Waals surface area contributed by atoms with E-state index < -0.39 is 10.0 Å². The summed E-state index contributed by atoms with van der Waals surface area (Å²) >= 11 is 0. The number of carbonyl (C=O) groups excluding carboxylic acids is 1. The number of anilines is 2. The fourth-order valence-electron chi connectivity index (χ4n) is 3.02. The van der Waals surface area contributed by atoms with Crippen LogP contribution in [0.3, 0.4) is 0 Å². The molecule has 1 amide bonds. The number of carbonyl (C=O) groups is 1. The summed E-state index contributed by atoms with van der Waals surface area (Å²) in [6, 6.07) is 10.1. The third-order valence-electron chi connectivity index (χ3n) is 4.31. The Kier molecular flexibility index (Phi) is 4.66. The van der Waals surface area contributed by atoms with Crippen molar-refractivity contribution in [1.82, 2.24) is 0 Å². The van der Waals surface area contributed by atoms with Crippen LogP contribution in [0.4, 0.5) is 11.4 Å². The number of hydrogen-bond acceptors (Lipinski definition) is 4. The summed E-state index contributed by atoms with van der Waals surface area (Å²) in [6.45, 7) is 7.57. The smallest absolute Gasteiger partial charge is 0.262 e. The average molecular weight is 374 g/mol. The van der Waals surface area contributed by atoms with Crippen LogP contribution < -0.4 is 14.4 Å². The molecule has 0 bridgehead atoms. The Morgan fingerprint density at radius 2 is 1.92 bits per heavy atom. The largest absolute Gasteiger partial charge is 0.487 e. The molecular formula is C19H22N2O4S. The first-order valence-corrected chi connectivity index (χ1v) is 9.84. The number of fused-ring (bicyclic) bond motifs is 1. The lowest BCUT2D eigenvalue weighted by Gasteiger charge is -2.33. The molecule has 1 atom stereocenters. The number of sulfonamides is 1. The van der Waals surface area contributed by atoms with Crippen LogP contribution in [0, 0.1) is 13.8 Å². The van der Waals surface area contributed by atoms with Crippen molar-refractivity contribution in [3.05, 3.63) is 47.5 Å². The van der Waals surface area contributed by atoms with E-state index in [-0.39, 0.29) is 16.9 Å². The molecule has 138 valence electrons. The zero-order valence-electron chi connectivity index (χ0n) is 15.2. The third kappa shape index (κ3) is 3.53. The summed E-state index contributed by atoms with van der Waals surface area (Å²) in [7, 11) is -3.77. The number of hydrogen-bond donors (Lipinski definition) is 1. The molecule has 1 aliphatic rings. The highest BCUT2D eigenvalue weighted by Gasteiger charge is 2.27. The predicted octanol–water partition coefficient (Wildman–Crippen LogP) is 3.24. The van der Waals surface area contributed by atoms with Crippen molar-refractivity contribution in [2.24, 2.45) is 0 Å². The van der Waals surface area contributed by atoms with Gasteiger partial charge in [-0.3, -0.25) is 9.52 Å². The minimum atomic E-state index is -3.77.